The van der Waals surface area contributed by atoms with E-state index in [1.54, 1.807) is 13.8 Å². The summed E-state index contributed by atoms with van der Waals surface area (Å²) in [4.78, 5) is 23.5. The third kappa shape index (κ3) is 3.59. The Morgan fingerprint density at radius 3 is 2.32 bits per heavy atom. The summed E-state index contributed by atoms with van der Waals surface area (Å²) in [6.45, 7) is 3.26. The van der Waals surface area contributed by atoms with Crippen LogP contribution in [0.3, 0.4) is 0 Å². The lowest BCUT2D eigenvalue weighted by molar-refractivity contribution is 0.0602. The van der Waals surface area contributed by atoms with E-state index in [-0.39, 0.29) is 12.1 Å². The van der Waals surface area contributed by atoms with E-state index in [0.29, 0.717) is 5.56 Å². The number of aromatic nitrogens is 1. The summed E-state index contributed by atoms with van der Waals surface area (Å²) in [5.41, 5.74) is -1.56. The summed E-state index contributed by atoms with van der Waals surface area (Å²) in [5.74, 6) is -1.80. The van der Waals surface area contributed by atoms with E-state index in [9.17, 15) is 19.1 Å². The van der Waals surface area contributed by atoms with Gasteiger partial charge in [-0.3, -0.25) is 4.79 Å². The molecule has 2 N–H and O–H groups in total. The van der Waals surface area contributed by atoms with Gasteiger partial charge in [0.05, 0.1) is 12.1 Å². The molecular weight excluding hydrogens is 289 g/mol. The van der Waals surface area contributed by atoms with Gasteiger partial charge in [-0.05, 0) is 31.5 Å². The number of benzene rings is 1. The molecule has 0 unspecified atom stereocenters. The van der Waals surface area contributed by atoms with Gasteiger partial charge in [-0.15, -0.1) is 0 Å². The number of carbonyl (C=O) groups is 1. The van der Waals surface area contributed by atoms with Crippen molar-refractivity contribution in [1.82, 2.24) is 4.57 Å². The summed E-state index contributed by atoms with van der Waals surface area (Å²) in [6.07, 6.45) is 2.65. The van der Waals surface area contributed by atoms with Crippen LogP contribution in [-0.2, 0) is 6.54 Å². The minimum Gasteiger partial charge on any atom is -0.477 e. The third-order valence-electron chi connectivity index (χ3n) is 3.03. The summed E-state index contributed by atoms with van der Waals surface area (Å²) in [6, 6.07) is 5.21. The summed E-state index contributed by atoms with van der Waals surface area (Å²) < 4.78 is 14.4. The van der Waals surface area contributed by atoms with Crippen molar-refractivity contribution >= 4 is 5.97 Å². The number of carboxylic acid groups (broad SMARTS) is 1. The van der Waals surface area contributed by atoms with Crippen LogP contribution in [0, 0.1) is 5.82 Å². The molecule has 0 radical (unpaired) electrons. The smallest absolute Gasteiger partial charge is 0.341 e. The Balaban J connectivity index is 2.64. The van der Waals surface area contributed by atoms with Gasteiger partial charge in [0.1, 0.15) is 11.4 Å². The molecule has 0 aliphatic carbocycles. The maximum atomic E-state index is 13.0. The molecule has 1 heterocycles. The van der Waals surface area contributed by atoms with Crippen LogP contribution in [0.2, 0.25) is 0 Å². The first-order chi connectivity index (χ1) is 10.2. The van der Waals surface area contributed by atoms with Crippen molar-refractivity contribution in [2.24, 2.45) is 0 Å². The van der Waals surface area contributed by atoms with Crippen molar-refractivity contribution in [3.63, 3.8) is 0 Å². The summed E-state index contributed by atoms with van der Waals surface area (Å²) in [7, 11) is 0. The Morgan fingerprint density at radius 1 is 1.23 bits per heavy atom. The van der Waals surface area contributed by atoms with Gasteiger partial charge in [-0.1, -0.05) is 12.1 Å². The zero-order chi connectivity index (χ0) is 16.5. The van der Waals surface area contributed by atoms with Crippen LogP contribution in [0.4, 0.5) is 4.39 Å². The predicted octanol–water partition coefficient (Wildman–Crippen LogP) is 2.12. The van der Waals surface area contributed by atoms with Crippen molar-refractivity contribution in [2.45, 2.75) is 26.0 Å². The number of carboxylic acids is 1. The van der Waals surface area contributed by atoms with Crippen molar-refractivity contribution in [3.05, 3.63) is 58.3 Å². The standard InChI is InChI=1S/C16H16FNO4/c1-16(2,22)9-18-7-12(10-3-5-11(17)6-4-10)14(19)13(8-18)15(20)21/h3-8,22H,9H2,1-2H3,(H,20,21). The molecule has 0 saturated carbocycles. The average Bonchev–Trinajstić information content (AvgIpc) is 2.39. The average molecular weight is 305 g/mol. The fraction of sp³-hybridized carbons (Fsp3) is 0.250. The molecular formula is C16H16FNO4. The minimum atomic E-state index is -1.35. The summed E-state index contributed by atoms with van der Waals surface area (Å²) >= 11 is 0. The number of pyridine rings is 1. The van der Waals surface area contributed by atoms with Crippen molar-refractivity contribution in [1.29, 1.82) is 0 Å². The number of rotatable bonds is 4. The number of aliphatic hydroxyl groups is 1. The highest BCUT2D eigenvalue weighted by atomic mass is 19.1. The van der Waals surface area contributed by atoms with E-state index in [4.69, 9.17) is 5.11 Å². The Labute approximate surface area is 126 Å². The van der Waals surface area contributed by atoms with E-state index in [1.807, 2.05) is 0 Å². The van der Waals surface area contributed by atoms with Gasteiger partial charge in [0.25, 0.3) is 0 Å². The molecule has 0 fully saturated rings. The van der Waals surface area contributed by atoms with Crippen LogP contribution in [-0.4, -0.2) is 26.4 Å². The van der Waals surface area contributed by atoms with E-state index in [0.717, 1.165) is 0 Å². The van der Waals surface area contributed by atoms with Gasteiger partial charge in [-0.25, -0.2) is 9.18 Å². The molecule has 5 nitrogen and oxygen atoms in total. The number of hydrogen-bond donors (Lipinski definition) is 2. The van der Waals surface area contributed by atoms with Crippen molar-refractivity contribution < 1.29 is 19.4 Å². The normalized spacial score (nSPS) is 11.5. The number of aromatic carboxylic acids is 1. The van der Waals surface area contributed by atoms with E-state index < -0.39 is 28.4 Å². The van der Waals surface area contributed by atoms with Crippen LogP contribution in [0.5, 0.6) is 0 Å². The molecule has 2 aromatic rings. The monoisotopic (exact) mass is 305 g/mol. The Hall–Kier alpha value is -2.47. The quantitative estimate of drug-likeness (QED) is 0.907. The Kier molecular flexibility index (Phi) is 4.14. The molecule has 22 heavy (non-hydrogen) atoms. The van der Waals surface area contributed by atoms with Crippen LogP contribution in [0.25, 0.3) is 11.1 Å². The molecule has 0 saturated heterocycles. The van der Waals surface area contributed by atoms with Gasteiger partial charge in [0.15, 0.2) is 0 Å². The van der Waals surface area contributed by atoms with Gasteiger partial charge in [-0.2, -0.15) is 0 Å². The van der Waals surface area contributed by atoms with Crippen LogP contribution < -0.4 is 5.43 Å². The molecule has 0 aliphatic rings. The topological polar surface area (TPSA) is 79.5 Å². The summed E-state index contributed by atoms with van der Waals surface area (Å²) in [5, 5.41) is 19.0. The fourth-order valence-corrected chi connectivity index (χ4v) is 2.16. The molecule has 2 rings (SSSR count). The molecule has 6 heteroatoms. The molecule has 0 spiro atoms. The SMILES string of the molecule is CC(C)(O)Cn1cc(C(=O)O)c(=O)c(-c2ccc(F)cc2)c1. The zero-order valence-electron chi connectivity index (χ0n) is 12.2. The van der Waals surface area contributed by atoms with E-state index in [2.05, 4.69) is 0 Å². The molecule has 116 valence electrons. The van der Waals surface area contributed by atoms with E-state index in [1.165, 1.54) is 41.2 Å². The van der Waals surface area contributed by atoms with Gasteiger partial charge in [0, 0.05) is 18.0 Å². The fourth-order valence-electron chi connectivity index (χ4n) is 2.16. The lowest BCUT2D eigenvalue weighted by atomic mass is 10.0. The second-order valence-corrected chi connectivity index (χ2v) is 5.71. The maximum Gasteiger partial charge on any atom is 0.341 e. The first-order valence-corrected chi connectivity index (χ1v) is 6.63. The highest BCUT2D eigenvalue weighted by Gasteiger charge is 2.18. The predicted molar refractivity (Wildman–Crippen MR) is 79.4 cm³/mol. The molecule has 1 aromatic carbocycles. The minimum absolute atomic E-state index is 0.113. The number of nitrogens with zero attached hydrogens (tertiary/aromatic N) is 1. The Morgan fingerprint density at radius 2 is 1.82 bits per heavy atom. The van der Waals surface area contributed by atoms with Crippen LogP contribution >= 0.6 is 0 Å². The lowest BCUT2D eigenvalue weighted by Gasteiger charge is -2.20. The first-order valence-electron chi connectivity index (χ1n) is 6.63. The molecule has 0 bridgehead atoms. The van der Waals surface area contributed by atoms with Crippen molar-refractivity contribution in [2.75, 3.05) is 0 Å². The second kappa shape index (κ2) is 5.73. The number of hydrogen-bond acceptors (Lipinski definition) is 3. The van der Waals surface area contributed by atoms with Crippen molar-refractivity contribution in [3.8, 4) is 11.1 Å². The van der Waals surface area contributed by atoms with Gasteiger partial charge >= 0.3 is 5.97 Å². The first kappa shape index (κ1) is 15.9. The Bertz CT molecular complexity index is 757. The molecule has 0 atom stereocenters. The lowest BCUT2D eigenvalue weighted by Crippen LogP contribution is -2.28. The number of halogens is 1. The third-order valence-corrected chi connectivity index (χ3v) is 3.03. The molecule has 0 amide bonds. The van der Waals surface area contributed by atoms with Crippen LogP contribution in [0.1, 0.15) is 24.2 Å². The van der Waals surface area contributed by atoms with Crippen LogP contribution in [0.15, 0.2) is 41.5 Å². The van der Waals surface area contributed by atoms with E-state index >= 15 is 0 Å². The maximum absolute atomic E-state index is 13.0. The van der Waals surface area contributed by atoms with Gasteiger partial charge < -0.3 is 14.8 Å². The molecule has 0 aliphatic heterocycles. The largest absolute Gasteiger partial charge is 0.477 e. The second-order valence-electron chi connectivity index (χ2n) is 5.71. The highest BCUT2D eigenvalue weighted by molar-refractivity contribution is 5.88. The zero-order valence-corrected chi connectivity index (χ0v) is 12.2. The highest BCUT2D eigenvalue weighted by Crippen LogP contribution is 2.18. The van der Waals surface area contributed by atoms with Gasteiger partial charge in [0.2, 0.25) is 5.43 Å². The molecule has 1 aromatic heterocycles.